The maximum atomic E-state index is 10.7. The van der Waals surface area contributed by atoms with Gasteiger partial charge in [-0.1, -0.05) is 6.07 Å². The normalized spacial score (nSPS) is 18.3. The van der Waals surface area contributed by atoms with Crippen LogP contribution < -0.4 is 14.2 Å². The van der Waals surface area contributed by atoms with E-state index in [1.165, 1.54) is 7.11 Å². The third-order valence-corrected chi connectivity index (χ3v) is 2.09. The van der Waals surface area contributed by atoms with Crippen LogP contribution in [0.15, 0.2) is 18.2 Å². The Morgan fingerprint density at radius 3 is 3.07 bits per heavy atom. The molecule has 2 rings (SSSR count). The van der Waals surface area contributed by atoms with Gasteiger partial charge in [0.2, 0.25) is 11.9 Å². The lowest BCUT2D eigenvalue weighted by Crippen LogP contribution is -2.36. The van der Waals surface area contributed by atoms with Crippen molar-refractivity contribution in [2.75, 3.05) is 13.7 Å². The highest BCUT2D eigenvalue weighted by Crippen LogP contribution is 2.39. The summed E-state index contributed by atoms with van der Waals surface area (Å²) in [6.07, 6.45) is -0.978. The lowest BCUT2D eigenvalue weighted by molar-refractivity contribution is -0.147. The molecule has 1 aromatic rings. The number of hydrogen-bond donors (Lipinski definition) is 1. The summed E-state index contributed by atoms with van der Waals surface area (Å²) in [4.78, 5) is 10.7. The molecule has 5 heteroatoms. The lowest BCUT2D eigenvalue weighted by Gasteiger charge is -2.24. The number of benzene rings is 1. The van der Waals surface area contributed by atoms with Crippen molar-refractivity contribution in [2.45, 2.75) is 6.10 Å². The van der Waals surface area contributed by atoms with Crippen molar-refractivity contribution < 1.29 is 24.1 Å². The van der Waals surface area contributed by atoms with Crippen molar-refractivity contribution in [3.8, 4) is 17.2 Å². The molecule has 0 saturated heterocycles. The van der Waals surface area contributed by atoms with Crippen LogP contribution >= 0.6 is 0 Å². The Hall–Kier alpha value is -1.91. The molecule has 0 aromatic heterocycles. The van der Waals surface area contributed by atoms with E-state index in [9.17, 15) is 4.79 Å². The van der Waals surface area contributed by atoms with E-state index in [2.05, 4.69) is 0 Å². The minimum atomic E-state index is -1.05. The first-order valence-corrected chi connectivity index (χ1v) is 4.41. The molecule has 80 valence electrons. The summed E-state index contributed by atoms with van der Waals surface area (Å²) in [7, 11) is 1.49. The van der Waals surface area contributed by atoms with E-state index >= 15 is 0 Å². The van der Waals surface area contributed by atoms with Gasteiger partial charge in [-0.25, -0.2) is 4.79 Å². The first-order chi connectivity index (χ1) is 7.22. The monoisotopic (exact) mass is 210 g/mol. The summed E-state index contributed by atoms with van der Waals surface area (Å²) in [5, 5.41) is 8.78. The predicted octanol–water partition coefficient (Wildman–Crippen LogP) is 0.920. The van der Waals surface area contributed by atoms with E-state index in [0.717, 1.165) is 0 Å². The molecule has 1 aliphatic heterocycles. The van der Waals surface area contributed by atoms with Gasteiger partial charge >= 0.3 is 5.97 Å². The molecule has 0 saturated carbocycles. The maximum absolute atomic E-state index is 10.7. The average molecular weight is 210 g/mol. The van der Waals surface area contributed by atoms with Crippen molar-refractivity contribution in [1.82, 2.24) is 0 Å². The van der Waals surface area contributed by atoms with Gasteiger partial charge in [0.1, 0.15) is 6.61 Å². The molecule has 0 amide bonds. The molecule has 5 nitrogen and oxygen atoms in total. The van der Waals surface area contributed by atoms with Gasteiger partial charge in [-0.05, 0) is 12.1 Å². The van der Waals surface area contributed by atoms with Gasteiger partial charge in [0.25, 0.3) is 0 Å². The number of carboxylic acid groups (broad SMARTS) is 1. The van der Waals surface area contributed by atoms with Gasteiger partial charge < -0.3 is 19.3 Å². The molecule has 1 atom stereocenters. The molecule has 0 aliphatic carbocycles. The van der Waals surface area contributed by atoms with E-state index in [1.807, 2.05) is 0 Å². The third kappa shape index (κ3) is 1.68. The summed E-state index contributed by atoms with van der Waals surface area (Å²) in [6.45, 7) is 0.00943. The van der Waals surface area contributed by atoms with Crippen molar-refractivity contribution in [3.63, 3.8) is 0 Å². The Morgan fingerprint density at radius 2 is 2.40 bits per heavy atom. The molecule has 0 bridgehead atoms. The number of methoxy groups -OCH3 is 1. The van der Waals surface area contributed by atoms with Crippen molar-refractivity contribution in [2.24, 2.45) is 0 Å². The largest absolute Gasteiger partial charge is 0.493 e. The zero-order chi connectivity index (χ0) is 10.8. The highest BCUT2D eigenvalue weighted by molar-refractivity contribution is 5.74. The van der Waals surface area contributed by atoms with Crippen LogP contribution in [-0.2, 0) is 4.79 Å². The van der Waals surface area contributed by atoms with Crippen LogP contribution in [0.4, 0.5) is 0 Å². The number of para-hydroxylation sites is 1. The van der Waals surface area contributed by atoms with E-state index in [4.69, 9.17) is 19.3 Å². The SMILES string of the molecule is COc1cccc2c1OC(C(=O)O)CO2. The predicted molar refractivity (Wildman–Crippen MR) is 50.5 cm³/mol. The Kier molecular flexibility index (Phi) is 2.37. The highest BCUT2D eigenvalue weighted by atomic mass is 16.6. The average Bonchev–Trinajstić information content (AvgIpc) is 2.27. The third-order valence-electron chi connectivity index (χ3n) is 2.09. The van der Waals surface area contributed by atoms with Crippen LogP contribution in [0.25, 0.3) is 0 Å². The second kappa shape index (κ2) is 3.68. The smallest absolute Gasteiger partial charge is 0.348 e. The fourth-order valence-electron chi connectivity index (χ4n) is 1.35. The second-order valence-corrected chi connectivity index (χ2v) is 3.04. The van der Waals surface area contributed by atoms with E-state index in [1.54, 1.807) is 18.2 Å². The minimum Gasteiger partial charge on any atom is -0.493 e. The standard InChI is InChI=1S/C10H10O5/c1-13-6-3-2-4-7-9(6)15-8(5-14-7)10(11)12/h2-4,8H,5H2,1H3,(H,11,12). The molecule has 1 aromatic carbocycles. The topological polar surface area (TPSA) is 65.0 Å². The molecule has 0 spiro atoms. The van der Waals surface area contributed by atoms with Crippen LogP contribution in [0.5, 0.6) is 17.2 Å². The van der Waals surface area contributed by atoms with Crippen LogP contribution in [0.2, 0.25) is 0 Å². The van der Waals surface area contributed by atoms with Gasteiger partial charge in [0.15, 0.2) is 11.5 Å². The Bertz CT molecular complexity index is 373. The summed E-state index contributed by atoms with van der Waals surface area (Å²) >= 11 is 0. The van der Waals surface area contributed by atoms with Crippen molar-refractivity contribution in [3.05, 3.63) is 18.2 Å². The molecular weight excluding hydrogens is 200 g/mol. The van der Waals surface area contributed by atoms with Gasteiger partial charge in [0, 0.05) is 0 Å². The second-order valence-electron chi connectivity index (χ2n) is 3.04. The molecule has 1 unspecified atom stereocenters. The zero-order valence-corrected chi connectivity index (χ0v) is 8.10. The van der Waals surface area contributed by atoms with E-state index < -0.39 is 12.1 Å². The quantitative estimate of drug-likeness (QED) is 0.786. The van der Waals surface area contributed by atoms with E-state index in [0.29, 0.717) is 17.2 Å². The van der Waals surface area contributed by atoms with Gasteiger partial charge in [-0.15, -0.1) is 0 Å². The fraction of sp³-hybridized carbons (Fsp3) is 0.300. The number of rotatable bonds is 2. The van der Waals surface area contributed by atoms with E-state index in [-0.39, 0.29) is 6.61 Å². The minimum absolute atomic E-state index is 0.00943. The van der Waals surface area contributed by atoms with Crippen molar-refractivity contribution in [1.29, 1.82) is 0 Å². The molecule has 0 radical (unpaired) electrons. The van der Waals surface area contributed by atoms with Crippen LogP contribution in [0.1, 0.15) is 0 Å². The summed E-state index contributed by atoms with van der Waals surface area (Å²) in [6, 6.07) is 5.14. The molecule has 0 fully saturated rings. The molecule has 1 aliphatic rings. The molecule has 1 N–H and O–H groups in total. The maximum Gasteiger partial charge on any atom is 0.348 e. The first-order valence-electron chi connectivity index (χ1n) is 4.41. The van der Waals surface area contributed by atoms with Crippen LogP contribution in [0.3, 0.4) is 0 Å². The number of carbonyl (C=O) groups is 1. The summed E-state index contributed by atoms with van der Waals surface area (Å²) in [5.74, 6) is 0.274. The van der Waals surface area contributed by atoms with Crippen molar-refractivity contribution >= 4 is 5.97 Å². The van der Waals surface area contributed by atoms with Gasteiger partial charge in [-0.2, -0.15) is 0 Å². The van der Waals surface area contributed by atoms with Gasteiger partial charge in [0.05, 0.1) is 7.11 Å². The Labute approximate surface area is 86.2 Å². The molecular formula is C10H10O5. The molecule has 15 heavy (non-hydrogen) atoms. The zero-order valence-electron chi connectivity index (χ0n) is 8.10. The number of carboxylic acids is 1. The fourth-order valence-corrected chi connectivity index (χ4v) is 1.35. The Morgan fingerprint density at radius 1 is 1.60 bits per heavy atom. The number of fused-ring (bicyclic) bond motifs is 1. The number of ether oxygens (including phenoxy) is 3. The summed E-state index contributed by atoms with van der Waals surface area (Å²) < 4.78 is 15.6. The summed E-state index contributed by atoms with van der Waals surface area (Å²) in [5.41, 5.74) is 0. The Balaban J connectivity index is 2.34. The number of aliphatic carboxylic acids is 1. The lowest BCUT2D eigenvalue weighted by atomic mass is 10.2. The highest BCUT2D eigenvalue weighted by Gasteiger charge is 2.29. The first kappa shape index (κ1) is 9.64. The van der Waals surface area contributed by atoms with Crippen LogP contribution in [0, 0.1) is 0 Å². The van der Waals surface area contributed by atoms with Crippen LogP contribution in [-0.4, -0.2) is 30.9 Å². The number of hydrogen-bond acceptors (Lipinski definition) is 4. The van der Waals surface area contributed by atoms with Gasteiger partial charge in [-0.3, -0.25) is 0 Å². The molecule has 1 heterocycles.